The number of ether oxygens (including phenoxy) is 1. The van der Waals surface area contributed by atoms with Crippen molar-refractivity contribution in [2.45, 2.75) is 6.10 Å². The van der Waals surface area contributed by atoms with Gasteiger partial charge in [0.2, 0.25) is 0 Å². The van der Waals surface area contributed by atoms with Crippen LogP contribution in [0.1, 0.15) is 0 Å². The van der Waals surface area contributed by atoms with Gasteiger partial charge in [-0.1, -0.05) is 18.2 Å². The number of hydrogen-bond donors (Lipinski definition) is 1. The number of rotatable bonds is 6. The van der Waals surface area contributed by atoms with Crippen molar-refractivity contribution in [3.63, 3.8) is 0 Å². The minimum Gasteiger partial charge on any atom is -0.378 e. The van der Waals surface area contributed by atoms with Crippen molar-refractivity contribution in [1.82, 2.24) is 5.01 Å². The molecule has 0 bridgehead atoms. The molecule has 4 nitrogen and oxygen atoms in total. The van der Waals surface area contributed by atoms with E-state index in [-0.39, 0.29) is 6.10 Å². The Morgan fingerprint density at radius 1 is 1.19 bits per heavy atom. The number of benzene rings is 1. The molecule has 0 amide bonds. The summed E-state index contributed by atoms with van der Waals surface area (Å²) in [5.41, 5.74) is 1.18. The summed E-state index contributed by atoms with van der Waals surface area (Å²) in [6, 6.07) is 10.2. The molecule has 1 aromatic carbocycles. The van der Waals surface area contributed by atoms with E-state index in [2.05, 4.69) is 24.1 Å². The third-order valence-corrected chi connectivity index (χ3v) is 2.50. The molecule has 1 atom stereocenters. The van der Waals surface area contributed by atoms with Gasteiger partial charge in [-0.05, 0) is 12.1 Å². The zero-order valence-electron chi connectivity index (χ0n) is 10.3. The van der Waals surface area contributed by atoms with Crippen LogP contribution in [0.3, 0.4) is 0 Å². The third-order valence-electron chi connectivity index (χ3n) is 2.50. The van der Waals surface area contributed by atoms with E-state index in [0.29, 0.717) is 6.54 Å². The van der Waals surface area contributed by atoms with E-state index < -0.39 is 0 Å². The standard InChI is InChI=1S/C12H21N3O/c1-14(11-7-5-4-6-8-11)9-12(16-3)10-15(2)13/h4-8,12H,9-10,13H2,1-3H3. The summed E-state index contributed by atoms with van der Waals surface area (Å²) in [5.74, 6) is 5.62. The monoisotopic (exact) mass is 223 g/mol. The molecule has 1 aromatic rings. The van der Waals surface area contributed by atoms with Gasteiger partial charge < -0.3 is 9.64 Å². The largest absolute Gasteiger partial charge is 0.378 e. The van der Waals surface area contributed by atoms with Crippen molar-refractivity contribution in [3.8, 4) is 0 Å². The van der Waals surface area contributed by atoms with Gasteiger partial charge in [0.1, 0.15) is 0 Å². The first-order chi connectivity index (χ1) is 7.63. The first kappa shape index (κ1) is 13.0. The van der Waals surface area contributed by atoms with Crippen molar-refractivity contribution >= 4 is 5.69 Å². The van der Waals surface area contributed by atoms with E-state index in [9.17, 15) is 0 Å². The van der Waals surface area contributed by atoms with Crippen LogP contribution in [0.25, 0.3) is 0 Å². The molecule has 0 saturated heterocycles. The Morgan fingerprint density at radius 2 is 1.81 bits per heavy atom. The van der Waals surface area contributed by atoms with Gasteiger partial charge in [-0.25, -0.2) is 5.01 Å². The minimum absolute atomic E-state index is 0.111. The van der Waals surface area contributed by atoms with E-state index in [0.717, 1.165) is 6.54 Å². The summed E-state index contributed by atoms with van der Waals surface area (Å²) in [7, 11) is 5.61. The van der Waals surface area contributed by atoms with Crippen LogP contribution in [0.2, 0.25) is 0 Å². The Bertz CT molecular complexity index is 290. The number of nitrogens with two attached hydrogens (primary N) is 1. The van der Waals surface area contributed by atoms with Crippen LogP contribution in [0, 0.1) is 0 Å². The van der Waals surface area contributed by atoms with Gasteiger partial charge in [-0.2, -0.15) is 0 Å². The van der Waals surface area contributed by atoms with Crippen molar-refractivity contribution in [3.05, 3.63) is 30.3 Å². The predicted molar refractivity (Wildman–Crippen MR) is 67.3 cm³/mol. The van der Waals surface area contributed by atoms with Gasteiger partial charge in [0.05, 0.1) is 6.10 Å². The fraction of sp³-hybridized carbons (Fsp3) is 0.500. The zero-order chi connectivity index (χ0) is 12.0. The van der Waals surface area contributed by atoms with Gasteiger partial charge in [-0.15, -0.1) is 0 Å². The molecule has 0 aliphatic rings. The molecule has 0 radical (unpaired) electrons. The number of para-hydroxylation sites is 1. The lowest BCUT2D eigenvalue weighted by molar-refractivity contribution is 0.0775. The van der Waals surface area contributed by atoms with Crippen molar-refractivity contribution in [2.24, 2.45) is 5.84 Å². The van der Waals surface area contributed by atoms with Gasteiger partial charge in [0.15, 0.2) is 0 Å². The highest BCUT2D eigenvalue weighted by Gasteiger charge is 2.12. The zero-order valence-corrected chi connectivity index (χ0v) is 10.3. The SMILES string of the molecule is COC(CN(C)N)CN(C)c1ccccc1. The highest BCUT2D eigenvalue weighted by molar-refractivity contribution is 5.45. The summed E-state index contributed by atoms with van der Waals surface area (Å²) >= 11 is 0. The first-order valence-corrected chi connectivity index (χ1v) is 5.38. The number of likely N-dealkylation sites (N-methyl/N-ethyl adjacent to an activating group) is 2. The average Bonchev–Trinajstić information content (AvgIpc) is 2.28. The summed E-state index contributed by atoms with van der Waals surface area (Å²) < 4.78 is 5.39. The molecule has 4 heteroatoms. The lowest BCUT2D eigenvalue weighted by atomic mass is 10.2. The summed E-state index contributed by atoms with van der Waals surface area (Å²) in [6.07, 6.45) is 0.111. The number of hydrogen-bond acceptors (Lipinski definition) is 4. The molecule has 2 N–H and O–H groups in total. The number of nitrogens with zero attached hydrogens (tertiary/aromatic N) is 2. The molecule has 90 valence electrons. The third kappa shape index (κ3) is 4.18. The Morgan fingerprint density at radius 3 is 2.31 bits per heavy atom. The smallest absolute Gasteiger partial charge is 0.0886 e. The van der Waals surface area contributed by atoms with Crippen LogP contribution >= 0.6 is 0 Å². The summed E-state index contributed by atoms with van der Waals surface area (Å²) in [6.45, 7) is 1.54. The van der Waals surface area contributed by atoms with Crippen LogP contribution < -0.4 is 10.7 Å². The van der Waals surface area contributed by atoms with Crippen LogP contribution in [-0.2, 0) is 4.74 Å². The molecule has 0 aliphatic heterocycles. The van der Waals surface area contributed by atoms with E-state index in [1.54, 1.807) is 12.1 Å². The Balaban J connectivity index is 2.52. The molecule has 0 spiro atoms. The molecule has 1 unspecified atom stereocenters. The Hall–Kier alpha value is -1.10. The van der Waals surface area contributed by atoms with Crippen LogP contribution in [-0.4, -0.2) is 45.4 Å². The fourth-order valence-electron chi connectivity index (χ4n) is 1.62. The number of methoxy groups -OCH3 is 1. The molecule has 1 rings (SSSR count). The lowest BCUT2D eigenvalue weighted by Gasteiger charge is -2.26. The summed E-state index contributed by atoms with van der Waals surface area (Å²) in [5, 5.41) is 1.65. The summed E-state index contributed by atoms with van der Waals surface area (Å²) in [4.78, 5) is 2.16. The van der Waals surface area contributed by atoms with Crippen molar-refractivity contribution < 1.29 is 4.74 Å². The van der Waals surface area contributed by atoms with Gasteiger partial charge in [0.25, 0.3) is 0 Å². The van der Waals surface area contributed by atoms with Crippen LogP contribution in [0.5, 0.6) is 0 Å². The molecule has 0 saturated carbocycles. The second-order valence-electron chi connectivity index (χ2n) is 4.01. The van der Waals surface area contributed by atoms with Crippen molar-refractivity contribution in [1.29, 1.82) is 0 Å². The maximum absolute atomic E-state index is 5.62. The molecule has 0 fully saturated rings. The predicted octanol–water partition coefficient (Wildman–Crippen LogP) is 0.943. The average molecular weight is 223 g/mol. The molecular formula is C12H21N3O. The minimum atomic E-state index is 0.111. The van der Waals surface area contributed by atoms with E-state index >= 15 is 0 Å². The van der Waals surface area contributed by atoms with Crippen LogP contribution in [0.15, 0.2) is 30.3 Å². The molecule has 0 aromatic heterocycles. The molecule has 0 heterocycles. The van der Waals surface area contributed by atoms with Crippen LogP contribution in [0.4, 0.5) is 5.69 Å². The van der Waals surface area contributed by atoms with Gasteiger partial charge >= 0.3 is 0 Å². The van der Waals surface area contributed by atoms with E-state index in [1.807, 2.05) is 25.2 Å². The highest BCUT2D eigenvalue weighted by atomic mass is 16.5. The maximum Gasteiger partial charge on any atom is 0.0886 e. The first-order valence-electron chi connectivity index (χ1n) is 5.38. The maximum atomic E-state index is 5.62. The van der Waals surface area contributed by atoms with E-state index in [1.165, 1.54) is 5.69 Å². The van der Waals surface area contributed by atoms with E-state index in [4.69, 9.17) is 10.6 Å². The normalized spacial score (nSPS) is 12.8. The second kappa shape index (κ2) is 6.48. The Labute approximate surface area is 97.6 Å². The number of hydrazine groups is 1. The van der Waals surface area contributed by atoms with Crippen molar-refractivity contribution in [2.75, 3.05) is 39.2 Å². The van der Waals surface area contributed by atoms with Gasteiger partial charge in [0, 0.05) is 40.0 Å². The molecular weight excluding hydrogens is 202 g/mol. The topological polar surface area (TPSA) is 41.7 Å². The molecule has 0 aliphatic carbocycles. The second-order valence-corrected chi connectivity index (χ2v) is 4.01. The molecule has 16 heavy (non-hydrogen) atoms. The highest BCUT2D eigenvalue weighted by Crippen LogP contribution is 2.11. The Kier molecular flexibility index (Phi) is 5.25. The number of anilines is 1. The lowest BCUT2D eigenvalue weighted by Crippen LogP contribution is -2.41. The van der Waals surface area contributed by atoms with Gasteiger partial charge in [-0.3, -0.25) is 5.84 Å². The quantitative estimate of drug-likeness (QED) is 0.576. The fourth-order valence-corrected chi connectivity index (χ4v) is 1.62.